The van der Waals surface area contributed by atoms with Crippen LogP contribution >= 0.6 is 0 Å². The van der Waals surface area contributed by atoms with E-state index in [1.807, 2.05) is 13.0 Å². The molecule has 0 bridgehead atoms. The van der Waals surface area contributed by atoms with Crippen LogP contribution in [0, 0.1) is 5.92 Å². The summed E-state index contributed by atoms with van der Waals surface area (Å²) in [7, 11) is 0. The first kappa shape index (κ1) is 23.8. The Hall–Kier alpha value is -2.90. The van der Waals surface area contributed by atoms with E-state index in [4.69, 9.17) is 0 Å². The van der Waals surface area contributed by atoms with Crippen LogP contribution in [0.15, 0.2) is 17.1 Å². The van der Waals surface area contributed by atoms with Crippen molar-refractivity contribution in [2.24, 2.45) is 5.92 Å². The van der Waals surface area contributed by atoms with E-state index < -0.39 is 17.2 Å². The van der Waals surface area contributed by atoms with Gasteiger partial charge in [-0.1, -0.05) is 51.4 Å². The molecule has 188 valence electrons. The lowest BCUT2D eigenvalue weighted by Crippen LogP contribution is -2.39. The highest BCUT2D eigenvalue weighted by Crippen LogP contribution is 2.42. The highest BCUT2D eigenvalue weighted by molar-refractivity contribution is 5.95. The summed E-state index contributed by atoms with van der Waals surface area (Å²) in [6.45, 7) is 1.99. The lowest BCUT2D eigenvalue weighted by atomic mass is 9.82. The minimum absolute atomic E-state index is 0.00733. The summed E-state index contributed by atoms with van der Waals surface area (Å²) in [6, 6.07) is 1.93. The lowest BCUT2D eigenvalue weighted by Gasteiger charge is -2.32. The predicted molar refractivity (Wildman–Crippen MR) is 136 cm³/mol. The molecule has 3 heterocycles. The summed E-state index contributed by atoms with van der Waals surface area (Å²) in [6.07, 6.45) is 16.7. The molecule has 0 radical (unpaired) electrons. The zero-order valence-electron chi connectivity index (χ0n) is 20.7. The van der Waals surface area contributed by atoms with E-state index in [9.17, 15) is 14.7 Å². The molecule has 5 rings (SSSR count). The molecular formula is C27H37N5O3. The van der Waals surface area contributed by atoms with Gasteiger partial charge >= 0.3 is 0 Å². The van der Waals surface area contributed by atoms with Crippen LogP contribution in [0.1, 0.15) is 100 Å². The maximum atomic E-state index is 13.1. The second-order valence-corrected chi connectivity index (χ2v) is 10.8. The van der Waals surface area contributed by atoms with Crippen LogP contribution in [0.4, 0.5) is 5.69 Å². The summed E-state index contributed by atoms with van der Waals surface area (Å²) in [4.78, 5) is 37.4. The number of anilines is 1. The minimum atomic E-state index is -0.725. The average molecular weight is 480 g/mol. The Morgan fingerprint density at radius 2 is 1.80 bits per heavy atom. The van der Waals surface area contributed by atoms with Crippen molar-refractivity contribution in [1.29, 1.82) is 0 Å². The molecule has 35 heavy (non-hydrogen) atoms. The van der Waals surface area contributed by atoms with Crippen LogP contribution in [0.25, 0.3) is 11.5 Å². The van der Waals surface area contributed by atoms with Crippen LogP contribution < -0.4 is 16.2 Å². The van der Waals surface area contributed by atoms with Gasteiger partial charge in [-0.05, 0) is 51.0 Å². The van der Waals surface area contributed by atoms with Gasteiger partial charge in [-0.25, -0.2) is 4.98 Å². The van der Waals surface area contributed by atoms with Crippen molar-refractivity contribution in [3.8, 4) is 17.3 Å². The number of H-pyrrole nitrogens is 1. The van der Waals surface area contributed by atoms with E-state index in [2.05, 4.69) is 25.6 Å². The molecule has 2 aromatic heterocycles. The first-order valence-corrected chi connectivity index (χ1v) is 13.4. The van der Waals surface area contributed by atoms with Gasteiger partial charge in [0, 0.05) is 29.0 Å². The number of amides is 1. The molecular weight excluding hydrogens is 442 g/mol. The normalized spacial score (nSPS) is 20.9. The molecule has 4 N–H and O–H groups in total. The van der Waals surface area contributed by atoms with Crippen molar-refractivity contribution in [3.05, 3.63) is 33.9 Å². The molecule has 3 aliphatic rings. The molecule has 1 amide bonds. The Balaban J connectivity index is 1.43. The number of pyridine rings is 1. The number of aromatic amines is 1. The lowest BCUT2D eigenvalue weighted by molar-refractivity contribution is 0.0911. The van der Waals surface area contributed by atoms with E-state index in [1.165, 1.54) is 51.4 Å². The van der Waals surface area contributed by atoms with Crippen molar-refractivity contribution in [1.82, 2.24) is 20.3 Å². The smallest absolute Gasteiger partial charge is 0.294 e. The van der Waals surface area contributed by atoms with Crippen molar-refractivity contribution >= 4 is 11.6 Å². The monoisotopic (exact) mass is 479 g/mol. The van der Waals surface area contributed by atoms with Gasteiger partial charge in [0.25, 0.3) is 11.5 Å². The maximum absolute atomic E-state index is 13.1. The number of hydrogen-bond acceptors (Lipinski definition) is 6. The molecule has 0 saturated heterocycles. The van der Waals surface area contributed by atoms with Gasteiger partial charge in [0.2, 0.25) is 5.75 Å². The number of fused-ring (bicyclic) bond motifs is 1. The van der Waals surface area contributed by atoms with Gasteiger partial charge in [0.1, 0.15) is 5.69 Å². The van der Waals surface area contributed by atoms with Gasteiger partial charge in [0.05, 0.1) is 0 Å². The summed E-state index contributed by atoms with van der Waals surface area (Å²) in [5.41, 5.74) is 1.65. The minimum Gasteiger partial charge on any atom is -0.501 e. The molecule has 0 aromatic carbocycles. The van der Waals surface area contributed by atoms with Crippen molar-refractivity contribution in [2.45, 2.75) is 102 Å². The summed E-state index contributed by atoms with van der Waals surface area (Å²) >= 11 is 0. The highest BCUT2D eigenvalue weighted by Gasteiger charge is 2.38. The Labute approximate surface area is 206 Å². The SMILES string of the molecule is C[C@@H](NC(=O)c1nc(-c2nccc3c2CC2(CCCCCCC2)N3)[nH]c(=O)c1O)C1CCCCC1. The number of nitrogens with zero attached hydrogens (tertiary/aromatic N) is 2. The van der Waals surface area contributed by atoms with Gasteiger partial charge in [-0.2, -0.15) is 0 Å². The molecule has 2 aromatic rings. The van der Waals surface area contributed by atoms with Crippen LogP contribution in [0.5, 0.6) is 5.75 Å². The molecule has 1 aliphatic heterocycles. The number of aromatic hydroxyl groups is 1. The molecule has 1 atom stereocenters. The number of rotatable bonds is 4. The Morgan fingerprint density at radius 3 is 2.54 bits per heavy atom. The zero-order valence-corrected chi connectivity index (χ0v) is 20.7. The third kappa shape index (κ3) is 4.93. The number of carbonyl (C=O) groups excluding carboxylic acids is 1. The number of carbonyl (C=O) groups is 1. The van der Waals surface area contributed by atoms with E-state index in [0.717, 1.165) is 43.4 Å². The third-order valence-electron chi connectivity index (χ3n) is 8.33. The summed E-state index contributed by atoms with van der Waals surface area (Å²) in [5, 5.41) is 17.2. The molecule has 8 heteroatoms. The third-order valence-corrected chi connectivity index (χ3v) is 8.33. The van der Waals surface area contributed by atoms with Gasteiger partial charge in [-0.3, -0.25) is 14.6 Å². The highest BCUT2D eigenvalue weighted by atomic mass is 16.3. The average Bonchev–Trinajstić information content (AvgIpc) is 3.23. The van der Waals surface area contributed by atoms with Gasteiger partial charge in [0.15, 0.2) is 11.5 Å². The first-order chi connectivity index (χ1) is 17.0. The second kappa shape index (κ2) is 9.99. The largest absolute Gasteiger partial charge is 0.501 e. The van der Waals surface area contributed by atoms with Crippen LogP contribution in [0.3, 0.4) is 0 Å². The van der Waals surface area contributed by atoms with Crippen molar-refractivity contribution in [3.63, 3.8) is 0 Å². The molecule has 2 fully saturated rings. The van der Waals surface area contributed by atoms with E-state index in [-0.39, 0.29) is 23.1 Å². The predicted octanol–water partition coefficient (Wildman–Crippen LogP) is 4.69. The Bertz CT molecular complexity index is 1130. The van der Waals surface area contributed by atoms with Crippen molar-refractivity contribution in [2.75, 3.05) is 5.32 Å². The zero-order chi connectivity index (χ0) is 24.4. The molecule has 8 nitrogen and oxygen atoms in total. The topological polar surface area (TPSA) is 120 Å². The van der Waals surface area contributed by atoms with Crippen LogP contribution in [-0.4, -0.2) is 37.5 Å². The molecule has 1 spiro atoms. The quantitative estimate of drug-likeness (QED) is 0.505. The van der Waals surface area contributed by atoms with Crippen LogP contribution in [-0.2, 0) is 6.42 Å². The molecule has 2 aliphatic carbocycles. The Morgan fingerprint density at radius 1 is 1.11 bits per heavy atom. The van der Waals surface area contributed by atoms with E-state index in [1.54, 1.807) is 6.20 Å². The van der Waals surface area contributed by atoms with E-state index in [0.29, 0.717) is 11.6 Å². The van der Waals surface area contributed by atoms with E-state index >= 15 is 0 Å². The summed E-state index contributed by atoms with van der Waals surface area (Å²) in [5.74, 6) is -0.536. The standard InChI is InChI=1S/C27H37N5O3/c1-17(18-10-6-5-7-11-18)29-25(34)22-23(33)26(35)31-24(30-22)21-19-16-27(32-20(19)12-15-28-21)13-8-3-2-4-9-14-27/h12,15,17-18,32-33H,2-11,13-14,16H2,1H3,(H,29,34)(H,30,31,35)/t17-/m1/s1. The maximum Gasteiger partial charge on any atom is 0.294 e. The fourth-order valence-corrected chi connectivity index (χ4v) is 6.31. The first-order valence-electron chi connectivity index (χ1n) is 13.4. The van der Waals surface area contributed by atoms with Gasteiger partial charge < -0.3 is 20.7 Å². The molecule has 0 unspecified atom stereocenters. The number of aromatic nitrogens is 3. The molecule has 2 saturated carbocycles. The van der Waals surface area contributed by atoms with Gasteiger partial charge in [-0.15, -0.1) is 0 Å². The summed E-state index contributed by atoms with van der Waals surface area (Å²) < 4.78 is 0. The fraction of sp³-hybridized carbons (Fsp3) is 0.630. The number of nitrogens with one attached hydrogen (secondary N) is 3. The van der Waals surface area contributed by atoms with Crippen LogP contribution in [0.2, 0.25) is 0 Å². The fourth-order valence-electron chi connectivity index (χ4n) is 6.31. The number of hydrogen-bond donors (Lipinski definition) is 4. The second-order valence-electron chi connectivity index (χ2n) is 10.8. The van der Waals surface area contributed by atoms with Crippen molar-refractivity contribution < 1.29 is 9.90 Å². The Kier molecular flexibility index (Phi) is 6.80.